The highest BCUT2D eigenvalue weighted by Gasteiger charge is 2.40. The molecule has 0 aromatic heterocycles. The van der Waals surface area contributed by atoms with Gasteiger partial charge in [0.2, 0.25) is 0 Å². The smallest absolute Gasteiger partial charge is 0.0715 e. The van der Waals surface area contributed by atoms with E-state index in [0.717, 1.165) is 25.8 Å². The lowest BCUT2D eigenvalue weighted by Crippen LogP contribution is -2.48. The van der Waals surface area contributed by atoms with Gasteiger partial charge in [-0.05, 0) is 68.2 Å². The van der Waals surface area contributed by atoms with Crippen LogP contribution >= 0.6 is 0 Å². The number of nitrogens with zero attached hydrogens (tertiary/aromatic N) is 1. The van der Waals surface area contributed by atoms with Gasteiger partial charge >= 0.3 is 0 Å². The first-order valence-electron chi connectivity index (χ1n) is 8.29. The van der Waals surface area contributed by atoms with E-state index >= 15 is 0 Å². The summed E-state index contributed by atoms with van der Waals surface area (Å²) in [6, 6.07) is 7.55. The third kappa shape index (κ3) is 2.29. The van der Waals surface area contributed by atoms with Crippen LogP contribution in [0.3, 0.4) is 0 Å². The van der Waals surface area contributed by atoms with E-state index in [-0.39, 0.29) is 0 Å². The summed E-state index contributed by atoms with van der Waals surface area (Å²) in [6.07, 6.45) is 9.16. The topological polar surface area (TPSA) is 23.5 Å². The Morgan fingerprint density at radius 2 is 2.05 bits per heavy atom. The van der Waals surface area contributed by atoms with Gasteiger partial charge in [-0.25, -0.2) is 0 Å². The highest BCUT2D eigenvalue weighted by molar-refractivity contribution is 5.36. The molecule has 1 aliphatic carbocycles. The van der Waals surface area contributed by atoms with Crippen LogP contribution in [0.4, 0.5) is 0 Å². The normalized spacial score (nSPS) is 33.1. The second kappa shape index (κ2) is 4.85. The molecule has 1 aromatic carbocycles. The Bertz CT molecular complexity index is 512. The molecule has 2 saturated heterocycles. The second-order valence-corrected chi connectivity index (χ2v) is 7.14. The summed E-state index contributed by atoms with van der Waals surface area (Å²) >= 11 is 0. The second-order valence-electron chi connectivity index (χ2n) is 7.14. The number of piperidine rings is 1. The lowest BCUT2D eigenvalue weighted by molar-refractivity contribution is -0.0354. The molecule has 2 unspecified atom stereocenters. The molecule has 4 rings (SSSR count). The van der Waals surface area contributed by atoms with Crippen molar-refractivity contribution in [2.75, 3.05) is 13.1 Å². The maximum absolute atomic E-state index is 11.0. The highest BCUT2D eigenvalue weighted by atomic mass is 16.3. The van der Waals surface area contributed by atoms with E-state index in [1.165, 1.54) is 55.3 Å². The largest absolute Gasteiger partial charge is 0.389 e. The predicted octanol–water partition coefficient (Wildman–Crippen LogP) is 2.71. The van der Waals surface area contributed by atoms with Crippen LogP contribution in [-0.4, -0.2) is 34.7 Å². The first-order chi connectivity index (χ1) is 9.72. The van der Waals surface area contributed by atoms with Crippen molar-refractivity contribution in [3.8, 4) is 0 Å². The zero-order chi connectivity index (χ0) is 13.6. The van der Waals surface area contributed by atoms with Gasteiger partial charge in [0.1, 0.15) is 0 Å². The summed E-state index contributed by atoms with van der Waals surface area (Å²) < 4.78 is 0. The van der Waals surface area contributed by atoms with Gasteiger partial charge in [0.05, 0.1) is 5.60 Å². The van der Waals surface area contributed by atoms with Crippen molar-refractivity contribution in [2.45, 2.75) is 63.0 Å². The number of fused-ring (bicyclic) bond motifs is 2. The molecule has 0 amide bonds. The Balaban J connectivity index is 1.50. The Hall–Kier alpha value is -0.860. The van der Waals surface area contributed by atoms with Crippen molar-refractivity contribution in [1.82, 2.24) is 4.90 Å². The number of hydrogen-bond acceptors (Lipinski definition) is 2. The summed E-state index contributed by atoms with van der Waals surface area (Å²) in [7, 11) is 0. The zero-order valence-electron chi connectivity index (χ0n) is 12.3. The van der Waals surface area contributed by atoms with Gasteiger partial charge in [-0.3, -0.25) is 0 Å². The lowest BCUT2D eigenvalue weighted by atomic mass is 9.81. The average Bonchev–Trinajstić information content (AvgIpc) is 3.05. The van der Waals surface area contributed by atoms with Gasteiger partial charge in [0.25, 0.3) is 0 Å². The van der Waals surface area contributed by atoms with E-state index in [1.54, 1.807) is 0 Å². The monoisotopic (exact) mass is 271 g/mol. The number of aliphatic hydroxyl groups is 1. The molecule has 0 radical (unpaired) electrons. The van der Waals surface area contributed by atoms with Crippen LogP contribution < -0.4 is 0 Å². The summed E-state index contributed by atoms with van der Waals surface area (Å²) in [5, 5.41) is 11.0. The standard InChI is InChI=1S/C18H25NO/c20-18(8-10-19-9-2-5-17(19)13-18)12-14-6-7-15-3-1-4-16(15)11-14/h6-7,11,17,20H,1-5,8-10,12-13H2. The van der Waals surface area contributed by atoms with Crippen LogP contribution in [0.25, 0.3) is 0 Å². The predicted molar refractivity (Wildman–Crippen MR) is 80.9 cm³/mol. The molecule has 0 saturated carbocycles. The van der Waals surface area contributed by atoms with E-state index in [0.29, 0.717) is 6.04 Å². The molecule has 2 aliphatic heterocycles. The molecule has 20 heavy (non-hydrogen) atoms. The van der Waals surface area contributed by atoms with Crippen LogP contribution in [0.2, 0.25) is 0 Å². The summed E-state index contributed by atoms with van der Waals surface area (Å²) in [4.78, 5) is 2.58. The fourth-order valence-corrected chi connectivity index (χ4v) is 4.59. The highest BCUT2D eigenvalue weighted by Crippen LogP contribution is 2.35. The summed E-state index contributed by atoms with van der Waals surface area (Å²) in [5.41, 5.74) is 3.95. The van der Waals surface area contributed by atoms with Crippen LogP contribution in [-0.2, 0) is 19.3 Å². The minimum absolute atomic E-state index is 0.460. The summed E-state index contributed by atoms with van der Waals surface area (Å²) in [6.45, 7) is 2.34. The quantitative estimate of drug-likeness (QED) is 0.894. The van der Waals surface area contributed by atoms with E-state index in [2.05, 4.69) is 23.1 Å². The van der Waals surface area contributed by atoms with Gasteiger partial charge < -0.3 is 10.0 Å². The van der Waals surface area contributed by atoms with E-state index in [9.17, 15) is 5.11 Å². The third-order valence-corrected chi connectivity index (χ3v) is 5.68. The first kappa shape index (κ1) is 12.8. The molecule has 2 nitrogen and oxygen atoms in total. The van der Waals surface area contributed by atoms with E-state index < -0.39 is 5.60 Å². The maximum Gasteiger partial charge on any atom is 0.0715 e. The average molecular weight is 271 g/mol. The molecule has 108 valence electrons. The molecule has 2 heterocycles. The number of benzene rings is 1. The van der Waals surface area contributed by atoms with E-state index in [4.69, 9.17) is 0 Å². The van der Waals surface area contributed by atoms with Gasteiger partial charge in [-0.2, -0.15) is 0 Å². The zero-order valence-corrected chi connectivity index (χ0v) is 12.3. The molecule has 2 atom stereocenters. The molecule has 1 aromatic rings. The Labute approximate surface area is 121 Å². The Kier molecular flexibility index (Phi) is 3.12. The van der Waals surface area contributed by atoms with Crippen LogP contribution in [0.15, 0.2) is 18.2 Å². The van der Waals surface area contributed by atoms with Gasteiger partial charge in [-0.1, -0.05) is 18.2 Å². The van der Waals surface area contributed by atoms with Crippen molar-refractivity contribution in [3.63, 3.8) is 0 Å². The third-order valence-electron chi connectivity index (χ3n) is 5.68. The van der Waals surface area contributed by atoms with Crippen molar-refractivity contribution < 1.29 is 5.11 Å². The first-order valence-corrected chi connectivity index (χ1v) is 8.29. The molecule has 1 N–H and O–H groups in total. The van der Waals surface area contributed by atoms with E-state index in [1.807, 2.05) is 0 Å². The fraction of sp³-hybridized carbons (Fsp3) is 0.667. The molecule has 3 aliphatic rings. The van der Waals surface area contributed by atoms with Gasteiger partial charge in [0, 0.05) is 19.0 Å². The van der Waals surface area contributed by atoms with Crippen molar-refractivity contribution in [3.05, 3.63) is 34.9 Å². The SMILES string of the molecule is OC1(Cc2ccc3c(c2)CCC3)CCN2CCCC2C1. The molecule has 2 fully saturated rings. The van der Waals surface area contributed by atoms with Crippen molar-refractivity contribution in [1.29, 1.82) is 0 Å². The number of aryl methyl sites for hydroxylation is 2. The molecule has 0 spiro atoms. The molecule has 0 bridgehead atoms. The minimum Gasteiger partial charge on any atom is -0.389 e. The number of hydrogen-bond donors (Lipinski definition) is 1. The molecular weight excluding hydrogens is 246 g/mol. The Morgan fingerprint density at radius 3 is 3.00 bits per heavy atom. The van der Waals surface area contributed by atoms with Crippen LogP contribution in [0.1, 0.15) is 48.8 Å². The van der Waals surface area contributed by atoms with Gasteiger partial charge in [0.15, 0.2) is 0 Å². The van der Waals surface area contributed by atoms with Crippen LogP contribution in [0, 0.1) is 0 Å². The molecule has 2 heteroatoms. The summed E-state index contributed by atoms with van der Waals surface area (Å²) in [5.74, 6) is 0. The minimum atomic E-state index is -0.460. The maximum atomic E-state index is 11.0. The lowest BCUT2D eigenvalue weighted by Gasteiger charge is -2.41. The fourth-order valence-electron chi connectivity index (χ4n) is 4.59. The van der Waals surface area contributed by atoms with Crippen LogP contribution in [0.5, 0.6) is 0 Å². The molecular formula is C18H25NO. The van der Waals surface area contributed by atoms with Crippen molar-refractivity contribution in [2.24, 2.45) is 0 Å². The van der Waals surface area contributed by atoms with Crippen molar-refractivity contribution >= 4 is 0 Å². The van der Waals surface area contributed by atoms with Gasteiger partial charge in [-0.15, -0.1) is 0 Å². The Morgan fingerprint density at radius 1 is 1.15 bits per heavy atom. The number of rotatable bonds is 2.